The average molecular weight is 306 g/mol. The van der Waals surface area contributed by atoms with Gasteiger partial charge in [0.2, 0.25) is 0 Å². The fourth-order valence-electron chi connectivity index (χ4n) is 3.06. The Bertz CT molecular complexity index is 502. The van der Waals surface area contributed by atoms with Crippen LogP contribution in [0, 0.1) is 0 Å². The van der Waals surface area contributed by atoms with Crippen LogP contribution in [0.5, 0.6) is 11.5 Å². The largest absolute Gasteiger partial charge is 0.508 e. The molecule has 0 bridgehead atoms. The smallest absolute Gasteiger partial charge is 0.123 e. The lowest BCUT2D eigenvalue weighted by Gasteiger charge is -2.30. The first-order chi connectivity index (χ1) is 10.00. The highest BCUT2D eigenvalue weighted by Crippen LogP contribution is 2.45. The molecular weight excluding hydrogens is 272 g/mol. The minimum absolute atomic E-state index is 0.192. The molecule has 1 rings (SSSR count). The quantitative estimate of drug-likeness (QED) is 0.532. The minimum Gasteiger partial charge on any atom is -0.508 e. The van der Waals surface area contributed by atoms with Gasteiger partial charge in [-0.1, -0.05) is 67.7 Å². The molecule has 0 amide bonds. The van der Waals surface area contributed by atoms with Crippen LogP contribution in [0.15, 0.2) is 6.07 Å². The topological polar surface area (TPSA) is 40.5 Å². The summed E-state index contributed by atoms with van der Waals surface area (Å²) in [4.78, 5) is 0. The lowest BCUT2D eigenvalue weighted by atomic mass is 9.76. The lowest BCUT2D eigenvalue weighted by molar-refractivity contribution is 0.406. The maximum atomic E-state index is 10.9. The van der Waals surface area contributed by atoms with Gasteiger partial charge in [-0.25, -0.2) is 0 Å². The first kappa shape index (κ1) is 18.9. The molecule has 22 heavy (non-hydrogen) atoms. The van der Waals surface area contributed by atoms with E-state index in [1.807, 2.05) is 0 Å². The highest BCUT2D eigenvalue weighted by molar-refractivity contribution is 5.57. The summed E-state index contributed by atoms with van der Waals surface area (Å²) in [5, 5.41) is 21.4. The number of hydrogen-bond donors (Lipinski definition) is 2. The van der Waals surface area contributed by atoms with Crippen molar-refractivity contribution >= 4 is 0 Å². The summed E-state index contributed by atoms with van der Waals surface area (Å²) in [5.74, 6) is 0.701. The second-order valence-corrected chi connectivity index (χ2v) is 8.46. The molecule has 0 spiro atoms. The van der Waals surface area contributed by atoms with Crippen LogP contribution < -0.4 is 0 Å². The molecule has 0 aromatic heterocycles. The number of phenolic OH excluding ortho intramolecular Hbond substituents is 2. The molecule has 2 heteroatoms. The van der Waals surface area contributed by atoms with Crippen molar-refractivity contribution in [3.63, 3.8) is 0 Å². The Morgan fingerprint density at radius 3 is 1.91 bits per heavy atom. The van der Waals surface area contributed by atoms with Crippen LogP contribution in [0.1, 0.15) is 90.8 Å². The normalized spacial score (nSPS) is 12.7. The van der Waals surface area contributed by atoms with Gasteiger partial charge in [0.25, 0.3) is 0 Å². The third-order valence-electron chi connectivity index (χ3n) is 4.22. The van der Waals surface area contributed by atoms with E-state index in [2.05, 4.69) is 48.5 Å². The molecule has 2 N–H and O–H groups in total. The fourth-order valence-corrected chi connectivity index (χ4v) is 3.06. The minimum atomic E-state index is -0.192. The number of benzene rings is 1. The molecule has 0 aliphatic carbocycles. The molecule has 126 valence electrons. The molecule has 0 atom stereocenters. The van der Waals surface area contributed by atoms with Crippen LogP contribution in [0.3, 0.4) is 0 Å². The van der Waals surface area contributed by atoms with E-state index in [1.165, 1.54) is 19.3 Å². The van der Waals surface area contributed by atoms with Gasteiger partial charge in [0.05, 0.1) is 0 Å². The van der Waals surface area contributed by atoms with E-state index < -0.39 is 0 Å². The maximum absolute atomic E-state index is 10.9. The van der Waals surface area contributed by atoms with E-state index in [1.54, 1.807) is 6.07 Å². The summed E-state index contributed by atoms with van der Waals surface area (Å²) in [7, 11) is 0. The second kappa shape index (κ2) is 6.93. The van der Waals surface area contributed by atoms with Gasteiger partial charge in [-0.3, -0.25) is 0 Å². The zero-order chi connectivity index (χ0) is 17.1. The molecule has 0 saturated heterocycles. The Morgan fingerprint density at radius 2 is 1.45 bits per heavy atom. The van der Waals surface area contributed by atoms with Crippen molar-refractivity contribution in [2.24, 2.45) is 0 Å². The summed E-state index contributed by atoms with van der Waals surface area (Å²) in [5.41, 5.74) is 2.28. The third kappa shape index (κ3) is 4.41. The van der Waals surface area contributed by atoms with Crippen molar-refractivity contribution < 1.29 is 10.2 Å². The molecule has 0 aliphatic heterocycles. The Balaban J connectivity index is 3.35. The van der Waals surface area contributed by atoms with Crippen molar-refractivity contribution in [3.8, 4) is 11.5 Å². The standard InChI is InChI=1S/C20H34O2/c1-8-9-10-11-12-14-16(21)13-15(19(2,3)4)18(22)17(14)20(5,6)7/h13,21-22H,8-12H2,1-7H3. The molecule has 2 nitrogen and oxygen atoms in total. The van der Waals surface area contributed by atoms with Gasteiger partial charge in [-0.05, 0) is 29.7 Å². The lowest BCUT2D eigenvalue weighted by Crippen LogP contribution is -2.19. The number of aromatic hydroxyl groups is 2. The molecule has 0 heterocycles. The summed E-state index contributed by atoms with van der Waals surface area (Å²) in [6.45, 7) is 14.7. The van der Waals surface area contributed by atoms with Crippen molar-refractivity contribution in [2.75, 3.05) is 0 Å². The predicted molar refractivity (Wildman–Crippen MR) is 95.0 cm³/mol. The Morgan fingerprint density at radius 1 is 0.864 bits per heavy atom. The zero-order valence-electron chi connectivity index (χ0n) is 15.5. The van der Waals surface area contributed by atoms with Gasteiger partial charge < -0.3 is 10.2 Å². The number of rotatable bonds is 5. The van der Waals surface area contributed by atoms with E-state index in [4.69, 9.17) is 0 Å². The Hall–Kier alpha value is -1.18. The molecule has 0 fully saturated rings. The highest BCUT2D eigenvalue weighted by atomic mass is 16.3. The zero-order valence-corrected chi connectivity index (χ0v) is 15.5. The van der Waals surface area contributed by atoms with Crippen LogP contribution in [0.2, 0.25) is 0 Å². The molecule has 1 aromatic carbocycles. The van der Waals surface area contributed by atoms with Gasteiger partial charge in [0.15, 0.2) is 0 Å². The van der Waals surface area contributed by atoms with Gasteiger partial charge in [0, 0.05) is 16.7 Å². The third-order valence-corrected chi connectivity index (χ3v) is 4.22. The SMILES string of the molecule is CCCCCCc1c(O)cc(C(C)(C)C)c(O)c1C(C)(C)C. The van der Waals surface area contributed by atoms with E-state index in [9.17, 15) is 10.2 Å². The maximum Gasteiger partial charge on any atom is 0.123 e. The molecule has 0 unspecified atom stereocenters. The Labute approximate surface area is 136 Å². The molecule has 1 aromatic rings. The van der Waals surface area contributed by atoms with Gasteiger partial charge >= 0.3 is 0 Å². The van der Waals surface area contributed by atoms with Crippen molar-refractivity contribution in [3.05, 3.63) is 22.8 Å². The summed E-state index contributed by atoms with van der Waals surface area (Å²) >= 11 is 0. The van der Waals surface area contributed by atoms with Crippen LogP contribution in [0.25, 0.3) is 0 Å². The van der Waals surface area contributed by atoms with Crippen molar-refractivity contribution in [1.29, 1.82) is 0 Å². The molecular formula is C20H34O2. The van der Waals surface area contributed by atoms with Gasteiger partial charge in [-0.15, -0.1) is 0 Å². The number of hydrogen-bond acceptors (Lipinski definition) is 2. The van der Waals surface area contributed by atoms with Crippen LogP contribution in [-0.2, 0) is 17.3 Å². The van der Waals surface area contributed by atoms with E-state index in [0.29, 0.717) is 11.5 Å². The van der Waals surface area contributed by atoms with Crippen LogP contribution >= 0.6 is 0 Å². The van der Waals surface area contributed by atoms with E-state index >= 15 is 0 Å². The van der Waals surface area contributed by atoms with Crippen LogP contribution in [-0.4, -0.2) is 10.2 Å². The summed E-state index contributed by atoms with van der Waals surface area (Å²) < 4.78 is 0. The monoisotopic (exact) mass is 306 g/mol. The number of unbranched alkanes of at least 4 members (excludes halogenated alkanes) is 3. The summed E-state index contributed by atoms with van der Waals surface area (Å²) in [6, 6.07) is 1.76. The fraction of sp³-hybridized carbons (Fsp3) is 0.700. The molecule has 0 aliphatic rings. The van der Waals surface area contributed by atoms with Crippen LogP contribution in [0.4, 0.5) is 0 Å². The van der Waals surface area contributed by atoms with E-state index in [-0.39, 0.29) is 10.8 Å². The first-order valence-electron chi connectivity index (χ1n) is 8.59. The first-order valence-corrected chi connectivity index (χ1v) is 8.59. The van der Waals surface area contributed by atoms with Crippen molar-refractivity contribution in [2.45, 2.75) is 91.4 Å². The van der Waals surface area contributed by atoms with E-state index in [0.717, 1.165) is 29.5 Å². The molecule has 0 saturated carbocycles. The van der Waals surface area contributed by atoms with Gasteiger partial charge in [-0.2, -0.15) is 0 Å². The Kier molecular flexibility index (Phi) is 5.95. The predicted octanol–water partition coefficient (Wildman–Crippen LogP) is 5.82. The molecule has 0 radical (unpaired) electrons. The number of phenols is 2. The second-order valence-electron chi connectivity index (χ2n) is 8.46. The highest BCUT2D eigenvalue weighted by Gasteiger charge is 2.30. The van der Waals surface area contributed by atoms with Gasteiger partial charge in [0.1, 0.15) is 11.5 Å². The van der Waals surface area contributed by atoms with Crippen molar-refractivity contribution in [1.82, 2.24) is 0 Å². The average Bonchev–Trinajstić information content (AvgIpc) is 2.35. The summed E-state index contributed by atoms with van der Waals surface area (Å²) in [6.07, 6.45) is 5.47.